The Morgan fingerprint density at radius 3 is 2.39 bits per heavy atom. The highest BCUT2D eigenvalue weighted by molar-refractivity contribution is 6.51. The van der Waals surface area contributed by atoms with Crippen LogP contribution >= 0.6 is 11.6 Å². The molecule has 1 amide bonds. The number of aliphatic hydroxyl groups is 1. The maximum atomic E-state index is 13.4. The number of rotatable bonds is 7. The van der Waals surface area contributed by atoms with E-state index < -0.39 is 17.7 Å². The van der Waals surface area contributed by atoms with E-state index in [1.54, 1.807) is 73.8 Å². The molecule has 0 aromatic heterocycles. The molecule has 1 saturated heterocycles. The molecule has 0 radical (unpaired) electrons. The third kappa shape index (κ3) is 4.69. The number of halogens is 1. The largest absolute Gasteiger partial charge is 0.507 e. The highest BCUT2D eigenvalue weighted by Crippen LogP contribution is 2.43. The molecule has 6 nitrogen and oxygen atoms in total. The van der Waals surface area contributed by atoms with E-state index in [1.165, 1.54) is 4.90 Å². The number of benzene rings is 3. The Morgan fingerprint density at radius 1 is 1.06 bits per heavy atom. The summed E-state index contributed by atoms with van der Waals surface area (Å²) in [5.74, 6) is -0.296. The van der Waals surface area contributed by atoms with Crippen LogP contribution in [0.1, 0.15) is 49.4 Å². The molecule has 0 spiro atoms. The minimum atomic E-state index is -0.858. The van der Waals surface area contributed by atoms with E-state index in [0.29, 0.717) is 39.9 Å². The first kappa shape index (κ1) is 25.3. The Morgan fingerprint density at radius 2 is 1.78 bits per heavy atom. The number of aliphatic hydroxyl groups excluding tert-OH is 1. The van der Waals surface area contributed by atoms with E-state index >= 15 is 0 Å². The lowest BCUT2D eigenvalue weighted by Gasteiger charge is -2.26. The topological polar surface area (TPSA) is 76.1 Å². The van der Waals surface area contributed by atoms with E-state index in [9.17, 15) is 14.7 Å². The Bertz CT molecular complexity index is 1330. The second-order valence-electron chi connectivity index (χ2n) is 8.76. The molecule has 186 valence electrons. The smallest absolute Gasteiger partial charge is 0.300 e. The zero-order valence-electron chi connectivity index (χ0n) is 20.6. The molecule has 1 atom stereocenters. The first-order chi connectivity index (χ1) is 17.3. The number of methoxy groups -OCH3 is 1. The summed E-state index contributed by atoms with van der Waals surface area (Å²) in [6.07, 6.45) is 0. The van der Waals surface area contributed by atoms with Crippen LogP contribution in [0.4, 0.5) is 5.69 Å². The maximum Gasteiger partial charge on any atom is 0.300 e. The number of ketones is 1. The van der Waals surface area contributed by atoms with Gasteiger partial charge in [-0.25, -0.2) is 0 Å². The minimum absolute atomic E-state index is 0.00371. The van der Waals surface area contributed by atoms with Gasteiger partial charge in [0, 0.05) is 16.3 Å². The van der Waals surface area contributed by atoms with Gasteiger partial charge in [0.25, 0.3) is 11.7 Å². The monoisotopic (exact) mass is 505 g/mol. The van der Waals surface area contributed by atoms with Gasteiger partial charge in [0.2, 0.25) is 0 Å². The van der Waals surface area contributed by atoms with Crippen LogP contribution in [0, 0.1) is 0 Å². The van der Waals surface area contributed by atoms with Crippen molar-refractivity contribution in [3.8, 4) is 11.5 Å². The average Bonchev–Trinajstić information content (AvgIpc) is 3.14. The van der Waals surface area contributed by atoms with Gasteiger partial charge in [0.05, 0.1) is 25.3 Å². The molecule has 4 rings (SSSR count). The third-order valence-corrected chi connectivity index (χ3v) is 6.40. The quantitative estimate of drug-likeness (QED) is 0.225. The number of Topliss-reactive ketones (excluding diaryl/α,β-unsaturated/α-hetero) is 1. The van der Waals surface area contributed by atoms with Crippen LogP contribution in [0.2, 0.25) is 5.02 Å². The molecule has 0 bridgehead atoms. The molecule has 0 saturated carbocycles. The van der Waals surface area contributed by atoms with Crippen molar-refractivity contribution in [3.05, 3.63) is 94.0 Å². The second-order valence-corrected chi connectivity index (χ2v) is 9.20. The van der Waals surface area contributed by atoms with Gasteiger partial charge in [-0.2, -0.15) is 0 Å². The minimum Gasteiger partial charge on any atom is -0.507 e. The summed E-state index contributed by atoms with van der Waals surface area (Å²) in [6.45, 7) is 6.43. The van der Waals surface area contributed by atoms with Gasteiger partial charge in [-0.3, -0.25) is 14.5 Å². The lowest BCUT2D eigenvalue weighted by molar-refractivity contribution is -0.132. The predicted molar refractivity (Wildman–Crippen MR) is 141 cm³/mol. The standard InChI is InChI=1S/C29H28ClNO5/c1-5-36-22-12-9-18(10-13-22)26-25(27(32)19-11-14-24(35-4)23(15-19)17(2)3)28(33)29(34)31(26)21-8-6-7-20(30)16-21/h6-17,26,32H,5H2,1-4H3/b27-25-. The number of anilines is 1. The van der Waals surface area contributed by atoms with Crippen LogP contribution in [0.25, 0.3) is 5.76 Å². The van der Waals surface area contributed by atoms with Gasteiger partial charge in [0.1, 0.15) is 17.3 Å². The second kappa shape index (κ2) is 10.5. The van der Waals surface area contributed by atoms with E-state index in [0.717, 1.165) is 5.56 Å². The molecular weight excluding hydrogens is 478 g/mol. The van der Waals surface area contributed by atoms with E-state index in [4.69, 9.17) is 21.1 Å². The Hall–Kier alpha value is -3.77. The maximum absolute atomic E-state index is 13.4. The molecule has 1 fully saturated rings. The van der Waals surface area contributed by atoms with Crippen LogP contribution in [0.5, 0.6) is 11.5 Å². The lowest BCUT2D eigenvalue weighted by atomic mass is 9.93. The van der Waals surface area contributed by atoms with E-state index in [-0.39, 0.29) is 17.3 Å². The Balaban J connectivity index is 1.92. The molecule has 3 aromatic rings. The van der Waals surface area contributed by atoms with Crippen molar-refractivity contribution in [2.75, 3.05) is 18.6 Å². The van der Waals surface area contributed by atoms with Crippen molar-refractivity contribution < 1.29 is 24.2 Å². The lowest BCUT2D eigenvalue weighted by Crippen LogP contribution is -2.29. The molecule has 7 heteroatoms. The highest BCUT2D eigenvalue weighted by Gasteiger charge is 2.47. The Labute approximate surface area is 215 Å². The summed E-state index contributed by atoms with van der Waals surface area (Å²) < 4.78 is 11.0. The molecule has 1 aliphatic heterocycles. The van der Waals surface area contributed by atoms with Crippen LogP contribution in [0.3, 0.4) is 0 Å². The van der Waals surface area contributed by atoms with Crippen molar-refractivity contribution >= 4 is 34.7 Å². The van der Waals surface area contributed by atoms with Gasteiger partial charge in [-0.15, -0.1) is 0 Å². The van der Waals surface area contributed by atoms with Gasteiger partial charge < -0.3 is 14.6 Å². The van der Waals surface area contributed by atoms with Crippen molar-refractivity contribution in [1.82, 2.24) is 0 Å². The predicted octanol–water partition coefficient (Wildman–Crippen LogP) is 6.50. The van der Waals surface area contributed by atoms with Crippen molar-refractivity contribution in [2.24, 2.45) is 0 Å². The average molecular weight is 506 g/mol. The number of hydrogen-bond donors (Lipinski definition) is 1. The fraction of sp³-hybridized carbons (Fsp3) is 0.241. The van der Waals surface area contributed by atoms with E-state index in [2.05, 4.69) is 0 Å². The number of carbonyl (C=O) groups excluding carboxylic acids is 2. The number of amides is 1. The summed E-state index contributed by atoms with van der Waals surface area (Å²) in [5, 5.41) is 11.9. The molecule has 1 heterocycles. The number of hydrogen-bond acceptors (Lipinski definition) is 5. The zero-order valence-corrected chi connectivity index (χ0v) is 21.4. The Kier molecular flexibility index (Phi) is 7.36. The first-order valence-electron chi connectivity index (χ1n) is 11.7. The van der Waals surface area contributed by atoms with Crippen molar-refractivity contribution in [3.63, 3.8) is 0 Å². The van der Waals surface area contributed by atoms with Gasteiger partial charge >= 0.3 is 0 Å². The molecule has 1 aliphatic rings. The first-order valence-corrected chi connectivity index (χ1v) is 12.1. The molecular formula is C29H28ClNO5. The van der Waals surface area contributed by atoms with Gasteiger partial charge in [-0.1, -0.05) is 43.6 Å². The number of carbonyl (C=O) groups is 2. The molecule has 1 N–H and O–H groups in total. The van der Waals surface area contributed by atoms with Crippen LogP contribution in [-0.4, -0.2) is 30.5 Å². The fourth-order valence-electron chi connectivity index (χ4n) is 4.44. The normalized spacial score (nSPS) is 17.1. The van der Waals surface area contributed by atoms with Crippen LogP contribution in [0.15, 0.2) is 72.3 Å². The number of nitrogens with zero attached hydrogens (tertiary/aromatic N) is 1. The molecule has 3 aromatic carbocycles. The molecule has 36 heavy (non-hydrogen) atoms. The van der Waals surface area contributed by atoms with Crippen LogP contribution in [-0.2, 0) is 9.59 Å². The third-order valence-electron chi connectivity index (χ3n) is 6.16. The zero-order chi connectivity index (χ0) is 26.0. The highest BCUT2D eigenvalue weighted by atomic mass is 35.5. The SMILES string of the molecule is CCOc1ccc(C2/C(=C(/O)c3ccc(OC)c(C(C)C)c3)C(=O)C(=O)N2c2cccc(Cl)c2)cc1. The number of ether oxygens (including phenoxy) is 2. The molecule has 1 unspecified atom stereocenters. The summed E-state index contributed by atoms with van der Waals surface area (Å²) in [5.41, 5.74) is 2.42. The molecule has 0 aliphatic carbocycles. The summed E-state index contributed by atoms with van der Waals surface area (Å²) in [4.78, 5) is 28.1. The summed E-state index contributed by atoms with van der Waals surface area (Å²) in [6, 6.07) is 18.3. The summed E-state index contributed by atoms with van der Waals surface area (Å²) >= 11 is 6.21. The van der Waals surface area contributed by atoms with E-state index in [1.807, 2.05) is 20.8 Å². The van der Waals surface area contributed by atoms with Gasteiger partial charge in [-0.05, 0) is 72.5 Å². The van der Waals surface area contributed by atoms with Gasteiger partial charge in [0.15, 0.2) is 0 Å². The summed E-state index contributed by atoms with van der Waals surface area (Å²) in [7, 11) is 1.59. The van der Waals surface area contributed by atoms with Crippen molar-refractivity contribution in [1.29, 1.82) is 0 Å². The van der Waals surface area contributed by atoms with Crippen LogP contribution < -0.4 is 14.4 Å². The van der Waals surface area contributed by atoms with Crippen molar-refractivity contribution in [2.45, 2.75) is 32.7 Å². The fourth-order valence-corrected chi connectivity index (χ4v) is 4.63.